The van der Waals surface area contributed by atoms with Crippen molar-refractivity contribution in [2.75, 3.05) is 12.4 Å². The van der Waals surface area contributed by atoms with E-state index < -0.39 is 0 Å². The summed E-state index contributed by atoms with van der Waals surface area (Å²) in [5.41, 5.74) is 0.451. The van der Waals surface area contributed by atoms with Gasteiger partial charge in [-0.25, -0.2) is 0 Å². The van der Waals surface area contributed by atoms with Crippen LogP contribution in [0.5, 0.6) is 0 Å². The van der Waals surface area contributed by atoms with Crippen LogP contribution in [0.25, 0.3) is 0 Å². The topological polar surface area (TPSA) is 9.23 Å². The summed E-state index contributed by atoms with van der Waals surface area (Å²) in [7, 11) is 0. The van der Waals surface area contributed by atoms with Gasteiger partial charge in [-0.15, -0.1) is 11.8 Å². The van der Waals surface area contributed by atoms with Crippen molar-refractivity contribution in [1.82, 2.24) is 0 Å². The summed E-state index contributed by atoms with van der Waals surface area (Å²) < 4.78 is 5.59. The first-order valence-corrected chi connectivity index (χ1v) is 6.13. The number of unbranched alkanes of at least 4 members (excludes halogenated alkanes) is 1. The van der Waals surface area contributed by atoms with E-state index in [1.54, 1.807) is 0 Å². The number of thioether (sulfide) groups is 1. The molecule has 0 aliphatic heterocycles. The third-order valence-corrected chi connectivity index (χ3v) is 2.95. The predicted molar refractivity (Wildman–Crippen MR) is 57.7 cm³/mol. The molecule has 0 saturated carbocycles. The Labute approximate surface area is 81.3 Å². The molecule has 74 valence electrons. The van der Waals surface area contributed by atoms with E-state index in [9.17, 15) is 0 Å². The SMILES string of the molecule is CCCCSC(CCC)OCC. The Bertz CT molecular complexity index is 79.9. The summed E-state index contributed by atoms with van der Waals surface area (Å²) in [5.74, 6) is 1.25. The zero-order valence-corrected chi connectivity index (χ0v) is 9.45. The molecule has 0 spiro atoms. The van der Waals surface area contributed by atoms with Crippen molar-refractivity contribution in [2.45, 2.75) is 51.9 Å². The molecule has 0 amide bonds. The highest BCUT2D eigenvalue weighted by Crippen LogP contribution is 2.18. The maximum atomic E-state index is 5.59. The molecular formula is C10H22OS. The summed E-state index contributed by atoms with van der Waals surface area (Å²) >= 11 is 1.97. The smallest absolute Gasteiger partial charge is 0.103 e. The maximum absolute atomic E-state index is 5.59. The highest BCUT2D eigenvalue weighted by Gasteiger charge is 2.05. The number of ether oxygens (including phenoxy) is 1. The van der Waals surface area contributed by atoms with Crippen molar-refractivity contribution >= 4 is 11.8 Å². The van der Waals surface area contributed by atoms with Crippen LogP contribution in [0, 0.1) is 0 Å². The fourth-order valence-electron chi connectivity index (χ4n) is 0.995. The first kappa shape index (κ1) is 12.3. The molecule has 0 aliphatic rings. The Balaban J connectivity index is 3.34. The molecule has 0 rings (SSSR count). The van der Waals surface area contributed by atoms with E-state index in [0.717, 1.165) is 6.61 Å². The predicted octanol–water partition coefficient (Wildman–Crippen LogP) is 3.68. The van der Waals surface area contributed by atoms with Gasteiger partial charge in [0.25, 0.3) is 0 Å². The van der Waals surface area contributed by atoms with Crippen molar-refractivity contribution in [2.24, 2.45) is 0 Å². The van der Waals surface area contributed by atoms with E-state index in [0.29, 0.717) is 5.44 Å². The minimum atomic E-state index is 0.451. The van der Waals surface area contributed by atoms with E-state index in [1.165, 1.54) is 31.4 Å². The molecule has 0 aromatic heterocycles. The summed E-state index contributed by atoms with van der Waals surface area (Å²) in [6.45, 7) is 7.37. The molecule has 0 fully saturated rings. The van der Waals surface area contributed by atoms with Crippen LogP contribution in [-0.2, 0) is 4.74 Å². The molecule has 0 aromatic carbocycles. The molecular weight excluding hydrogens is 168 g/mol. The lowest BCUT2D eigenvalue weighted by Gasteiger charge is -2.15. The minimum Gasteiger partial charge on any atom is -0.368 e. The lowest BCUT2D eigenvalue weighted by atomic mass is 10.4. The van der Waals surface area contributed by atoms with Gasteiger partial charge in [-0.1, -0.05) is 26.7 Å². The van der Waals surface area contributed by atoms with E-state index in [2.05, 4.69) is 20.8 Å². The van der Waals surface area contributed by atoms with Crippen LogP contribution in [0.1, 0.15) is 46.5 Å². The highest BCUT2D eigenvalue weighted by molar-refractivity contribution is 7.99. The van der Waals surface area contributed by atoms with Gasteiger partial charge in [-0.05, 0) is 25.5 Å². The fraction of sp³-hybridized carbons (Fsp3) is 1.00. The van der Waals surface area contributed by atoms with Crippen molar-refractivity contribution < 1.29 is 4.74 Å². The molecule has 0 radical (unpaired) electrons. The highest BCUT2D eigenvalue weighted by atomic mass is 32.2. The van der Waals surface area contributed by atoms with Crippen LogP contribution in [0.3, 0.4) is 0 Å². The third-order valence-electron chi connectivity index (χ3n) is 1.68. The monoisotopic (exact) mass is 190 g/mol. The van der Waals surface area contributed by atoms with Gasteiger partial charge < -0.3 is 4.74 Å². The Morgan fingerprint density at radius 1 is 1.17 bits per heavy atom. The zero-order valence-electron chi connectivity index (χ0n) is 8.64. The van der Waals surface area contributed by atoms with Gasteiger partial charge in [0, 0.05) is 6.61 Å². The molecule has 0 aliphatic carbocycles. The van der Waals surface area contributed by atoms with Crippen molar-refractivity contribution in [3.63, 3.8) is 0 Å². The molecule has 1 atom stereocenters. The van der Waals surface area contributed by atoms with Crippen LogP contribution in [0.15, 0.2) is 0 Å². The zero-order chi connectivity index (χ0) is 9.23. The molecule has 0 N–H and O–H groups in total. The van der Waals surface area contributed by atoms with Gasteiger partial charge >= 0.3 is 0 Å². The molecule has 12 heavy (non-hydrogen) atoms. The normalized spacial score (nSPS) is 13.2. The average Bonchev–Trinajstić information content (AvgIpc) is 2.06. The van der Waals surface area contributed by atoms with Gasteiger partial charge in [-0.3, -0.25) is 0 Å². The van der Waals surface area contributed by atoms with E-state index in [4.69, 9.17) is 4.74 Å². The number of hydrogen-bond acceptors (Lipinski definition) is 2. The number of rotatable bonds is 8. The van der Waals surface area contributed by atoms with Crippen molar-refractivity contribution in [3.05, 3.63) is 0 Å². The van der Waals surface area contributed by atoms with Crippen LogP contribution < -0.4 is 0 Å². The second kappa shape index (κ2) is 9.40. The first-order chi connectivity index (χ1) is 5.85. The van der Waals surface area contributed by atoms with Crippen LogP contribution >= 0.6 is 11.8 Å². The second-order valence-electron chi connectivity index (χ2n) is 2.90. The quantitative estimate of drug-likeness (QED) is 0.426. The third kappa shape index (κ3) is 6.99. The fourth-order valence-corrected chi connectivity index (χ4v) is 2.35. The maximum Gasteiger partial charge on any atom is 0.103 e. The van der Waals surface area contributed by atoms with E-state index in [-0.39, 0.29) is 0 Å². The molecule has 2 heteroatoms. The Hall–Kier alpha value is 0.310. The van der Waals surface area contributed by atoms with Crippen molar-refractivity contribution in [1.29, 1.82) is 0 Å². The van der Waals surface area contributed by atoms with Crippen LogP contribution in [0.2, 0.25) is 0 Å². The van der Waals surface area contributed by atoms with Gasteiger partial charge in [0.15, 0.2) is 0 Å². The second-order valence-corrected chi connectivity index (χ2v) is 4.17. The van der Waals surface area contributed by atoms with Gasteiger partial charge in [0.2, 0.25) is 0 Å². The van der Waals surface area contributed by atoms with Crippen molar-refractivity contribution in [3.8, 4) is 0 Å². The molecule has 1 unspecified atom stereocenters. The molecule has 0 aromatic rings. The summed E-state index contributed by atoms with van der Waals surface area (Å²) in [4.78, 5) is 0. The number of hydrogen-bond donors (Lipinski definition) is 0. The summed E-state index contributed by atoms with van der Waals surface area (Å²) in [6, 6.07) is 0. The average molecular weight is 190 g/mol. The standard InChI is InChI=1S/C10H22OS/c1-4-7-9-12-10(8-5-2)11-6-3/h10H,4-9H2,1-3H3. The van der Waals surface area contributed by atoms with Crippen LogP contribution in [0.4, 0.5) is 0 Å². The summed E-state index contributed by atoms with van der Waals surface area (Å²) in [5, 5.41) is 0. The molecule has 0 bridgehead atoms. The Morgan fingerprint density at radius 3 is 2.42 bits per heavy atom. The molecule has 0 saturated heterocycles. The van der Waals surface area contributed by atoms with Crippen LogP contribution in [-0.4, -0.2) is 17.8 Å². The molecule has 0 heterocycles. The summed E-state index contributed by atoms with van der Waals surface area (Å²) in [6.07, 6.45) is 5.03. The first-order valence-electron chi connectivity index (χ1n) is 5.08. The lowest BCUT2D eigenvalue weighted by molar-refractivity contribution is 0.118. The Kier molecular flexibility index (Phi) is 9.64. The van der Waals surface area contributed by atoms with Gasteiger partial charge in [-0.2, -0.15) is 0 Å². The minimum absolute atomic E-state index is 0.451. The molecule has 1 nitrogen and oxygen atoms in total. The Morgan fingerprint density at radius 2 is 1.92 bits per heavy atom. The van der Waals surface area contributed by atoms with E-state index in [1.807, 2.05) is 11.8 Å². The lowest BCUT2D eigenvalue weighted by Crippen LogP contribution is -2.08. The van der Waals surface area contributed by atoms with Gasteiger partial charge in [0.05, 0.1) is 0 Å². The van der Waals surface area contributed by atoms with E-state index >= 15 is 0 Å². The largest absolute Gasteiger partial charge is 0.368 e. The van der Waals surface area contributed by atoms with Gasteiger partial charge in [0.1, 0.15) is 5.44 Å².